The number of carbonyl (C=O) groups is 2. The maximum absolute atomic E-state index is 12.9. The summed E-state index contributed by atoms with van der Waals surface area (Å²) >= 11 is 0. The third-order valence-electron chi connectivity index (χ3n) is 4.71. The summed E-state index contributed by atoms with van der Waals surface area (Å²) in [4.78, 5) is 26.9. The fraction of sp³-hybridized carbons (Fsp3) is 0.471. The summed E-state index contributed by atoms with van der Waals surface area (Å²) in [7, 11) is 0. The van der Waals surface area contributed by atoms with E-state index in [9.17, 15) is 9.59 Å². The summed E-state index contributed by atoms with van der Waals surface area (Å²) in [5.74, 6) is -0.0812. The van der Waals surface area contributed by atoms with E-state index in [4.69, 9.17) is 0 Å². The molecule has 2 amide bonds. The van der Waals surface area contributed by atoms with Crippen LogP contribution in [-0.4, -0.2) is 56.1 Å². The van der Waals surface area contributed by atoms with Crippen molar-refractivity contribution in [2.24, 2.45) is 5.92 Å². The van der Waals surface area contributed by atoms with E-state index in [0.29, 0.717) is 24.7 Å². The number of hydrogen-bond acceptors (Lipinski definition) is 5. The van der Waals surface area contributed by atoms with E-state index in [1.165, 1.54) is 11.0 Å². The average Bonchev–Trinajstić information content (AvgIpc) is 3.30. The molecule has 8 nitrogen and oxygen atoms in total. The number of nitrogens with zero attached hydrogens (tertiary/aromatic N) is 5. The molecule has 8 heteroatoms. The summed E-state index contributed by atoms with van der Waals surface area (Å²) in [6, 6.07) is 7.56. The number of hydrogen-bond donors (Lipinski definition) is 1. The Labute approximate surface area is 145 Å². The minimum atomic E-state index is -0.110. The van der Waals surface area contributed by atoms with E-state index in [2.05, 4.69) is 20.8 Å². The van der Waals surface area contributed by atoms with Gasteiger partial charge in [-0.25, -0.2) is 4.68 Å². The second kappa shape index (κ2) is 6.62. The maximum Gasteiger partial charge on any atom is 0.253 e. The first-order chi connectivity index (χ1) is 12.2. The van der Waals surface area contributed by atoms with Crippen LogP contribution in [0, 0.1) is 5.92 Å². The number of likely N-dealkylation sites (tertiary alicyclic amines) is 1. The van der Waals surface area contributed by atoms with Crippen LogP contribution in [-0.2, 0) is 4.79 Å². The minimum absolute atomic E-state index is 0.0566. The summed E-state index contributed by atoms with van der Waals surface area (Å²) in [5, 5.41) is 14.1. The van der Waals surface area contributed by atoms with Gasteiger partial charge in [-0.2, -0.15) is 0 Å². The van der Waals surface area contributed by atoms with Crippen LogP contribution in [0.5, 0.6) is 0 Å². The predicted octanol–water partition coefficient (Wildman–Crippen LogP) is 0.793. The number of piperidine rings is 1. The number of rotatable bonds is 4. The molecule has 2 fully saturated rings. The van der Waals surface area contributed by atoms with Crippen molar-refractivity contribution in [1.82, 2.24) is 30.4 Å². The first-order valence-electron chi connectivity index (χ1n) is 8.64. The lowest BCUT2D eigenvalue weighted by Gasteiger charge is -2.32. The molecule has 1 aromatic carbocycles. The van der Waals surface area contributed by atoms with E-state index in [1.54, 1.807) is 17.0 Å². The van der Waals surface area contributed by atoms with Gasteiger partial charge in [0.1, 0.15) is 6.33 Å². The van der Waals surface area contributed by atoms with Gasteiger partial charge < -0.3 is 10.2 Å². The topological polar surface area (TPSA) is 93.0 Å². The summed E-state index contributed by atoms with van der Waals surface area (Å²) in [6.07, 6.45) is 5.33. The average molecular weight is 340 g/mol. The molecule has 2 aromatic rings. The number of benzene rings is 1. The smallest absolute Gasteiger partial charge is 0.253 e. The normalized spacial score (nSPS) is 20.3. The largest absolute Gasteiger partial charge is 0.353 e. The van der Waals surface area contributed by atoms with Crippen molar-refractivity contribution in [2.75, 3.05) is 13.1 Å². The zero-order valence-corrected chi connectivity index (χ0v) is 13.8. The number of carbonyl (C=O) groups excluding carboxylic acids is 2. The van der Waals surface area contributed by atoms with Crippen LogP contribution in [0.3, 0.4) is 0 Å². The molecule has 2 heterocycles. The van der Waals surface area contributed by atoms with Gasteiger partial charge in [0.15, 0.2) is 0 Å². The van der Waals surface area contributed by atoms with Gasteiger partial charge in [-0.05, 0) is 54.3 Å². The number of amides is 2. The molecule has 1 aliphatic heterocycles. The van der Waals surface area contributed by atoms with Gasteiger partial charge in [0, 0.05) is 24.7 Å². The SMILES string of the molecule is O=C(NC1CC1)[C@H]1CCCN(C(=O)c2cccc(-n3cnnn3)c2)C1. The first-order valence-corrected chi connectivity index (χ1v) is 8.64. The predicted molar refractivity (Wildman–Crippen MR) is 88.9 cm³/mol. The highest BCUT2D eigenvalue weighted by molar-refractivity contribution is 5.95. The molecular formula is C17H20N6O2. The number of nitrogens with one attached hydrogen (secondary N) is 1. The van der Waals surface area contributed by atoms with Gasteiger partial charge >= 0.3 is 0 Å². The van der Waals surface area contributed by atoms with Crippen LogP contribution in [0.15, 0.2) is 30.6 Å². The lowest BCUT2D eigenvalue weighted by Crippen LogP contribution is -2.45. The Morgan fingerprint density at radius 3 is 2.84 bits per heavy atom. The summed E-state index contributed by atoms with van der Waals surface area (Å²) in [5.41, 5.74) is 1.31. The molecule has 1 atom stereocenters. The molecule has 1 aromatic heterocycles. The van der Waals surface area contributed by atoms with Crippen molar-refractivity contribution in [1.29, 1.82) is 0 Å². The van der Waals surface area contributed by atoms with Crippen molar-refractivity contribution in [3.05, 3.63) is 36.2 Å². The van der Waals surface area contributed by atoms with E-state index >= 15 is 0 Å². The summed E-state index contributed by atoms with van der Waals surface area (Å²) < 4.78 is 1.51. The van der Waals surface area contributed by atoms with Crippen molar-refractivity contribution in [2.45, 2.75) is 31.7 Å². The van der Waals surface area contributed by atoms with Crippen LogP contribution in [0.1, 0.15) is 36.0 Å². The van der Waals surface area contributed by atoms with Gasteiger partial charge in [-0.3, -0.25) is 9.59 Å². The molecule has 4 rings (SSSR count). The third kappa shape index (κ3) is 3.52. The number of aromatic nitrogens is 4. The van der Waals surface area contributed by atoms with Crippen LogP contribution < -0.4 is 5.32 Å². The van der Waals surface area contributed by atoms with Crippen molar-refractivity contribution < 1.29 is 9.59 Å². The van der Waals surface area contributed by atoms with E-state index in [-0.39, 0.29) is 17.7 Å². The van der Waals surface area contributed by atoms with Gasteiger partial charge in [-0.15, -0.1) is 5.10 Å². The quantitative estimate of drug-likeness (QED) is 0.888. The Kier molecular flexibility index (Phi) is 4.17. The Bertz CT molecular complexity index is 771. The molecular weight excluding hydrogens is 320 g/mol. The highest BCUT2D eigenvalue weighted by atomic mass is 16.2. The Balaban J connectivity index is 1.46. The highest BCUT2D eigenvalue weighted by Gasteiger charge is 2.32. The standard InChI is InChI=1S/C17H20N6O2/c24-16(19-14-6-7-14)13-4-2-8-22(10-13)17(25)12-3-1-5-15(9-12)23-11-18-20-21-23/h1,3,5,9,11,13-14H,2,4,6-8,10H2,(H,19,24)/t13-/m0/s1. The number of tetrazole rings is 1. The second-order valence-corrected chi connectivity index (χ2v) is 6.68. The van der Waals surface area contributed by atoms with Gasteiger partial charge in [0.05, 0.1) is 11.6 Å². The van der Waals surface area contributed by atoms with Crippen molar-refractivity contribution >= 4 is 11.8 Å². The molecule has 25 heavy (non-hydrogen) atoms. The van der Waals surface area contributed by atoms with Crippen LogP contribution in [0.4, 0.5) is 0 Å². The zero-order valence-electron chi connectivity index (χ0n) is 13.8. The first kappa shape index (κ1) is 15.7. The molecule has 0 unspecified atom stereocenters. The van der Waals surface area contributed by atoms with Crippen molar-refractivity contribution in [3.63, 3.8) is 0 Å². The lowest BCUT2D eigenvalue weighted by molar-refractivity contribution is -0.126. The molecule has 2 aliphatic rings. The molecule has 1 saturated heterocycles. The molecule has 1 aliphatic carbocycles. The second-order valence-electron chi connectivity index (χ2n) is 6.68. The fourth-order valence-corrected chi connectivity index (χ4v) is 3.17. The Hall–Kier alpha value is -2.77. The van der Waals surface area contributed by atoms with Crippen LogP contribution in [0.25, 0.3) is 5.69 Å². The molecule has 0 radical (unpaired) electrons. The van der Waals surface area contributed by atoms with E-state index in [1.807, 2.05) is 12.1 Å². The minimum Gasteiger partial charge on any atom is -0.353 e. The Morgan fingerprint density at radius 1 is 1.20 bits per heavy atom. The molecule has 1 saturated carbocycles. The third-order valence-corrected chi connectivity index (χ3v) is 4.71. The Morgan fingerprint density at radius 2 is 2.08 bits per heavy atom. The monoisotopic (exact) mass is 340 g/mol. The van der Waals surface area contributed by atoms with Gasteiger partial charge in [-0.1, -0.05) is 6.07 Å². The molecule has 1 N–H and O–H groups in total. The molecule has 0 spiro atoms. The van der Waals surface area contributed by atoms with Gasteiger partial charge in [0.2, 0.25) is 5.91 Å². The van der Waals surface area contributed by atoms with E-state index < -0.39 is 0 Å². The van der Waals surface area contributed by atoms with E-state index in [0.717, 1.165) is 31.4 Å². The van der Waals surface area contributed by atoms with Crippen molar-refractivity contribution in [3.8, 4) is 5.69 Å². The highest BCUT2D eigenvalue weighted by Crippen LogP contribution is 2.23. The van der Waals surface area contributed by atoms with Crippen LogP contribution in [0.2, 0.25) is 0 Å². The maximum atomic E-state index is 12.9. The molecule has 0 bridgehead atoms. The van der Waals surface area contributed by atoms with Gasteiger partial charge in [0.25, 0.3) is 5.91 Å². The van der Waals surface area contributed by atoms with Crippen LogP contribution >= 0.6 is 0 Å². The fourth-order valence-electron chi connectivity index (χ4n) is 3.17. The summed E-state index contributed by atoms with van der Waals surface area (Å²) in [6.45, 7) is 1.16. The zero-order chi connectivity index (χ0) is 17.2. The molecule has 130 valence electrons. The lowest BCUT2D eigenvalue weighted by atomic mass is 9.96.